The maximum Gasteiger partial charge on any atom is 0.416 e. The molecule has 4 aromatic rings. The van der Waals surface area contributed by atoms with Crippen LogP contribution in [0, 0.1) is 0 Å². The van der Waals surface area contributed by atoms with Gasteiger partial charge in [0.1, 0.15) is 0 Å². The van der Waals surface area contributed by atoms with Crippen molar-refractivity contribution in [3.8, 4) is 0 Å². The van der Waals surface area contributed by atoms with Gasteiger partial charge in [-0.25, -0.2) is 8.42 Å². The van der Waals surface area contributed by atoms with Crippen molar-refractivity contribution in [2.24, 2.45) is 0 Å². The smallest absolute Gasteiger partial charge is 0.294 e. The molecule has 0 unspecified atom stereocenters. The number of nitrogens with one attached hydrogen (secondary N) is 1. The summed E-state index contributed by atoms with van der Waals surface area (Å²) in [5.41, 5.74) is 0.402. The van der Waals surface area contributed by atoms with Crippen LogP contribution < -0.4 is 9.60 Å². The summed E-state index contributed by atoms with van der Waals surface area (Å²) in [6.07, 6.45) is -4.52. The van der Waals surface area contributed by atoms with Crippen molar-refractivity contribution in [3.05, 3.63) is 92.5 Å². The van der Waals surface area contributed by atoms with Crippen LogP contribution in [-0.2, 0) is 22.7 Å². The molecule has 0 saturated heterocycles. The van der Waals surface area contributed by atoms with E-state index in [-0.39, 0.29) is 22.0 Å². The van der Waals surface area contributed by atoms with Gasteiger partial charge in [-0.05, 0) is 54.1 Å². The van der Waals surface area contributed by atoms with E-state index in [0.717, 1.165) is 41.2 Å². The normalized spacial score (nSPS) is 12.2. The topological polar surface area (TPSA) is 68.2 Å². The van der Waals surface area contributed by atoms with Crippen molar-refractivity contribution in [1.82, 2.24) is 4.57 Å². The molecule has 11 heteroatoms. The van der Waals surface area contributed by atoms with Crippen LogP contribution in [0.15, 0.2) is 76.4 Å². The molecule has 1 heterocycles. The van der Waals surface area contributed by atoms with E-state index >= 15 is 0 Å². The summed E-state index contributed by atoms with van der Waals surface area (Å²) in [6, 6.07) is 15.0. The maximum atomic E-state index is 12.7. The monoisotopic (exact) mass is 498 g/mol. The van der Waals surface area contributed by atoms with E-state index in [1.165, 1.54) is 22.8 Å². The largest absolute Gasteiger partial charge is 0.416 e. The standard InChI is InChI=1S/C21H14ClF3N2O3S2/c22-17-4-2-1-3-13(17)12-27-18-10-9-16(11-19(18)31-20(27)28)32(29,30)26-15-7-5-14(6-8-15)21(23,24)25/h1-11,26H,12H2. The molecule has 0 spiro atoms. The molecule has 5 nitrogen and oxygen atoms in total. The first-order valence-electron chi connectivity index (χ1n) is 9.11. The minimum absolute atomic E-state index is 0.0115. The summed E-state index contributed by atoms with van der Waals surface area (Å²) in [7, 11) is -4.08. The molecule has 0 atom stereocenters. The first kappa shape index (κ1) is 22.4. The van der Waals surface area contributed by atoms with E-state index in [0.29, 0.717) is 15.2 Å². The lowest BCUT2D eigenvalue weighted by Gasteiger charge is -2.11. The number of nitrogens with zero attached hydrogens (tertiary/aromatic N) is 1. The van der Waals surface area contributed by atoms with E-state index in [1.807, 2.05) is 0 Å². The zero-order valence-electron chi connectivity index (χ0n) is 16.1. The Labute approximate surface area is 189 Å². The molecule has 0 aliphatic carbocycles. The Balaban J connectivity index is 1.63. The maximum absolute atomic E-state index is 12.7. The van der Waals surface area contributed by atoms with E-state index in [2.05, 4.69) is 4.72 Å². The van der Waals surface area contributed by atoms with Crippen LogP contribution in [0.25, 0.3) is 10.2 Å². The molecule has 0 saturated carbocycles. The van der Waals surface area contributed by atoms with Crippen LogP contribution in [0.1, 0.15) is 11.1 Å². The van der Waals surface area contributed by atoms with Crippen molar-refractivity contribution >= 4 is 48.9 Å². The number of sulfonamides is 1. The molecule has 0 fully saturated rings. The van der Waals surface area contributed by atoms with E-state index in [1.54, 1.807) is 24.3 Å². The lowest BCUT2D eigenvalue weighted by atomic mass is 10.2. The van der Waals surface area contributed by atoms with Gasteiger partial charge in [0.15, 0.2) is 0 Å². The molecule has 0 bridgehead atoms. The average molecular weight is 499 g/mol. The highest BCUT2D eigenvalue weighted by atomic mass is 35.5. The fourth-order valence-corrected chi connectivity index (χ4v) is 5.39. The Morgan fingerprint density at radius 2 is 1.69 bits per heavy atom. The highest BCUT2D eigenvalue weighted by Crippen LogP contribution is 2.30. The Bertz CT molecular complexity index is 1460. The SMILES string of the molecule is O=c1sc2cc(S(=O)(=O)Nc3ccc(C(F)(F)F)cc3)ccc2n1Cc1ccccc1Cl. The van der Waals surface area contributed by atoms with Crippen LogP contribution in [-0.4, -0.2) is 13.0 Å². The lowest BCUT2D eigenvalue weighted by Crippen LogP contribution is -2.14. The molecule has 3 aromatic carbocycles. The third kappa shape index (κ3) is 4.52. The summed E-state index contributed by atoms with van der Waals surface area (Å²) in [6.45, 7) is 0.231. The van der Waals surface area contributed by atoms with Crippen LogP contribution in [0.2, 0.25) is 5.02 Å². The fourth-order valence-electron chi connectivity index (χ4n) is 3.10. The summed E-state index contributed by atoms with van der Waals surface area (Å²) >= 11 is 7.07. The van der Waals surface area contributed by atoms with E-state index < -0.39 is 21.8 Å². The Morgan fingerprint density at radius 1 is 1.00 bits per heavy atom. The van der Waals surface area contributed by atoms with E-state index in [9.17, 15) is 26.4 Å². The summed E-state index contributed by atoms with van der Waals surface area (Å²) < 4.78 is 67.7. The van der Waals surface area contributed by atoms with Gasteiger partial charge in [0.05, 0.1) is 27.2 Å². The third-order valence-electron chi connectivity index (χ3n) is 4.70. The minimum atomic E-state index is -4.52. The number of fused-ring (bicyclic) bond motifs is 1. The molecule has 0 radical (unpaired) electrons. The highest BCUT2D eigenvalue weighted by molar-refractivity contribution is 7.92. The minimum Gasteiger partial charge on any atom is -0.294 e. The van der Waals surface area contributed by atoms with Crippen molar-refractivity contribution in [2.75, 3.05) is 4.72 Å². The second kappa shape index (κ2) is 8.27. The molecule has 32 heavy (non-hydrogen) atoms. The van der Waals surface area contributed by atoms with Crippen LogP contribution in [0.4, 0.5) is 18.9 Å². The van der Waals surface area contributed by atoms with Gasteiger partial charge in [-0.1, -0.05) is 41.1 Å². The van der Waals surface area contributed by atoms with Crippen LogP contribution in [0.5, 0.6) is 0 Å². The molecule has 4 rings (SSSR count). The van der Waals surface area contributed by atoms with Gasteiger partial charge in [-0.15, -0.1) is 0 Å². The lowest BCUT2D eigenvalue weighted by molar-refractivity contribution is -0.137. The molecule has 1 N–H and O–H groups in total. The average Bonchev–Trinajstić information content (AvgIpc) is 3.03. The first-order valence-corrected chi connectivity index (χ1v) is 11.8. The van der Waals surface area contributed by atoms with Gasteiger partial charge in [-0.2, -0.15) is 13.2 Å². The van der Waals surface area contributed by atoms with E-state index in [4.69, 9.17) is 11.6 Å². The van der Waals surface area contributed by atoms with Gasteiger partial charge in [0.2, 0.25) is 0 Å². The fraction of sp³-hybridized carbons (Fsp3) is 0.0952. The molecule has 0 amide bonds. The van der Waals surface area contributed by atoms with Crippen LogP contribution in [0.3, 0.4) is 0 Å². The predicted octanol–water partition coefficient (Wildman–Crippen LogP) is 5.58. The molecule has 0 aliphatic rings. The number of aromatic nitrogens is 1. The molecule has 166 valence electrons. The number of hydrogen-bond donors (Lipinski definition) is 1. The van der Waals surface area contributed by atoms with Crippen LogP contribution >= 0.6 is 22.9 Å². The van der Waals surface area contributed by atoms with Gasteiger partial charge in [0.25, 0.3) is 10.0 Å². The number of anilines is 1. The van der Waals surface area contributed by atoms with Gasteiger partial charge in [-0.3, -0.25) is 14.1 Å². The number of thiazole rings is 1. The Hall–Kier alpha value is -2.82. The van der Waals surface area contributed by atoms with Crippen molar-refractivity contribution in [2.45, 2.75) is 17.6 Å². The number of benzene rings is 3. The van der Waals surface area contributed by atoms with Crippen molar-refractivity contribution < 1.29 is 21.6 Å². The Kier molecular flexibility index (Phi) is 5.78. The summed E-state index contributed by atoms with van der Waals surface area (Å²) in [4.78, 5) is 12.1. The number of halogens is 4. The highest BCUT2D eigenvalue weighted by Gasteiger charge is 2.30. The predicted molar refractivity (Wildman–Crippen MR) is 119 cm³/mol. The number of hydrogen-bond acceptors (Lipinski definition) is 4. The number of rotatable bonds is 5. The first-order chi connectivity index (χ1) is 15.0. The molecule has 1 aromatic heterocycles. The molecule has 0 aliphatic heterocycles. The van der Waals surface area contributed by atoms with Crippen molar-refractivity contribution in [1.29, 1.82) is 0 Å². The summed E-state index contributed by atoms with van der Waals surface area (Å²) in [5.74, 6) is 0. The zero-order valence-corrected chi connectivity index (χ0v) is 18.4. The molecular weight excluding hydrogens is 485 g/mol. The number of alkyl halides is 3. The quantitative estimate of drug-likeness (QED) is 0.390. The second-order valence-electron chi connectivity index (χ2n) is 6.86. The molecular formula is C21H14ClF3N2O3S2. The van der Waals surface area contributed by atoms with Gasteiger partial charge >= 0.3 is 11.0 Å². The van der Waals surface area contributed by atoms with Crippen molar-refractivity contribution in [3.63, 3.8) is 0 Å². The third-order valence-corrected chi connectivity index (χ3v) is 7.39. The van der Waals surface area contributed by atoms with Gasteiger partial charge in [0, 0.05) is 10.7 Å². The summed E-state index contributed by atoms with van der Waals surface area (Å²) in [5, 5.41) is 0.513. The van der Waals surface area contributed by atoms with Gasteiger partial charge < -0.3 is 0 Å². The Morgan fingerprint density at radius 3 is 2.34 bits per heavy atom. The second-order valence-corrected chi connectivity index (χ2v) is 9.94. The zero-order chi connectivity index (χ0) is 23.1.